The highest BCUT2D eigenvalue weighted by Crippen LogP contribution is 2.14. The smallest absolute Gasteiger partial charge is 0.323 e. The van der Waals surface area contributed by atoms with Crippen molar-refractivity contribution in [3.8, 4) is 0 Å². The topological polar surface area (TPSA) is 76.1 Å². The lowest BCUT2D eigenvalue weighted by Crippen LogP contribution is -2.43. The van der Waals surface area contributed by atoms with E-state index >= 15 is 0 Å². The van der Waals surface area contributed by atoms with Gasteiger partial charge in [-0.05, 0) is 12.8 Å². The van der Waals surface area contributed by atoms with Crippen LogP contribution in [-0.4, -0.2) is 61.4 Å². The molecule has 16 heavy (non-hydrogen) atoms. The van der Waals surface area contributed by atoms with Crippen molar-refractivity contribution in [3.63, 3.8) is 0 Å². The molecule has 0 aliphatic carbocycles. The number of carbonyl (C=O) groups is 2. The number of carboxylic acids is 1. The van der Waals surface area contributed by atoms with Crippen LogP contribution in [0.3, 0.4) is 0 Å². The zero-order valence-corrected chi connectivity index (χ0v) is 9.35. The maximum absolute atomic E-state index is 11.9. The van der Waals surface area contributed by atoms with Crippen LogP contribution in [0.5, 0.6) is 0 Å². The molecular formula is C10H17NO5. The minimum Gasteiger partial charge on any atom is -0.480 e. The molecule has 1 saturated heterocycles. The van der Waals surface area contributed by atoms with E-state index in [0.29, 0.717) is 19.6 Å². The molecule has 1 aliphatic rings. The predicted octanol–water partition coefficient (Wildman–Crippen LogP) is -0.275. The van der Waals surface area contributed by atoms with Gasteiger partial charge in [0, 0.05) is 20.3 Å². The first kappa shape index (κ1) is 12.9. The second kappa shape index (κ2) is 6.44. The van der Waals surface area contributed by atoms with Gasteiger partial charge in [-0.2, -0.15) is 0 Å². The molecule has 0 aromatic rings. The minimum atomic E-state index is -1.03. The summed E-state index contributed by atoms with van der Waals surface area (Å²) in [4.78, 5) is 23.8. The van der Waals surface area contributed by atoms with Crippen LogP contribution in [0.1, 0.15) is 12.8 Å². The molecule has 0 saturated carbocycles. The van der Waals surface area contributed by atoms with Gasteiger partial charge in [0.05, 0.1) is 6.61 Å². The molecule has 6 heteroatoms. The first-order valence-corrected chi connectivity index (χ1v) is 5.26. The van der Waals surface area contributed by atoms with Crippen LogP contribution in [0, 0.1) is 0 Å². The van der Waals surface area contributed by atoms with E-state index in [1.807, 2.05) is 0 Å². The number of amides is 1. The van der Waals surface area contributed by atoms with Gasteiger partial charge in [-0.3, -0.25) is 9.59 Å². The van der Waals surface area contributed by atoms with Crippen LogP contribution >= 0.6 is 0 Å². The molecule has 1 aliphatic heterocycles. The molecule has 92 valence electrons. The molecule has 1 N–H and O–H groups in total. The van der Waals surface area contributed by atoms with Crippen molar-refractivity contribution >= 4 is 11.9 Å². The molecular weight excluding hydrogens is 214 g/mol. The molecule has 0 spiro atoms. The van der Waals surface area contributed by atoms with E-state index in [1.54, 1.807) is 0 Å². The molecule has 1 amide bonds. The van der Waals surface area contributed by atoms with Crippen molar-refractivity contribution in [2.45, 2.75) is 18.9 Å². The fourth-order valence-corrected chi connectivity index (χ4v) is 1.61. The highest BCUT2D eigenvalue weighted by atomic mass is 16.5. The van der Waals surface area contributed by atoms with E-state index in [2.05, 4.69) is 0 Å². The first-order valence-electron chi connectivity index (χ1n) is 5.26. The van der Waals surface area contributed by atoms with Gasteiger partial charge >= 0.3 is 5.97 Å². The Kier molecular flexibility index (Phi) is 5.21. The molecule has 1 unspecified atom stereocenters. The van der Waals surface area contributed by atoms with E-state index in [1.165, 1.54) is 12.0 Å². The first-order chi connectivity index (χ1) is 7.65. The van der Waals surface area contributed by atoms with E-state index < -0.39 is 12.1 Å². The zero-order valence-electron chi connectivity index (χ0n) is 9.35. The maximum Gasteiger partial charge on any atom is 0.323 e. The molecule has 0 bridgehead atoms. The Morgan fingerprint density at radius 3 is 2.81 bits per heavy atom. The lowest BCUT2D eigenvalue weighted by atomic mass is 10.2. The van der Waals surface area contributed by atoms with E-state index in [-0.39, 0.29) is 19.0 Å². The Bertz CT molecular complexity index is 250. The highest BCUT2D eigenvalue weighted by Gasteiger charge is 2.28. The summed E-state index contributed by atoms with van der Waals surface area (Å²) in [6, 6.07) is 0. The van der Waals surface area contributed by atoms with Gasteiger partial charge in [0.1, 0.15) is 12.6 Å². The summed E-state index contributed by atoms with van der Waals surface area (Å²) in [5.74, 6) is -1.28. The summed E-state index contributed by atoms with van der Waals surface area (Å²) in [6.07, 6.45) is 1.04. The molecule has 1 rings (SSSR count). The monoisotopic (exact) mass is 231 g/mol. The fourth-order valence-electron chi connectivity index (χ4n) is 1.61. The van der Waals surface area contributed by atoms with Gasteiger partial charge in [-0.1, -0.05) is 0 Å². The molecule has 1 heterocycles. The summed E-state index contributed by atoms with van der Waals surface area (Å²) in [7, 11) is 1.51. The predicted molar refractivity (Wildman–Crippen MR) is 55.1 cm³/mol. The van der Waals surface area contributed by atoms with Crippen molar-refractivity contribution in [2.24, 2.45) is 0 Å². The van der Waals surface area contributed by atoms with E-state index in [0.717, 1.165) is 6.42 Å². The van der Waals surface area contributed by atoms with E-state index in [4.69, 9.17) is 14.6 Å². The maximum atomic E-state index is 11.9. The number of hydrogen-bond acceptors (Lipinski definition) is 4. The number of carboxylic acid groups (broad SMARTS) is 1. The molecule has 0 aromatic carbocycles. The van der Waals surface area contributed by atoms with Crippen molar-refractivity contribution in [2.75, 3.05) is 33.4 Å². The van der Waals surface area contributed by atoms with Gasteiger partial charge in [0.15, 0.2) is 0 Å². The van der Waals surface area contributed by atoms with Gasteiger partial charge < -0.3 is 19.5 Å². The van der Waals surface area contributed by atoms with Gasteiger partial charge in [0.25, 0.3) is 5.91 Å². The third-order valence-electron chi connectivity index (χ3n) is 2.41. The average Bonchev–Trinajstić information content (AvgIpc) is 2.76. The van der Waals surface area contributed by atoms with E-state index in [9.17, 15) is 9.59 Å². The van der Waals surface area contributed by atoms with Crippen LogP contribution in [0.2, 0.25) is 0 Å². The molecule has 0 radical (unpaired) electrons. The molecule has 6 nitrogen and oxygen atoms in total. The highest BCUT2D eigenvalue weighted by molar-refractivity contribution is 5.84. The minimum absolute atomic E-state index is 0.253. The third-order valence-corrected chi connectivity index (χ3v) is 2.41. The van der Waals surface area contributed by atoms with Crippen molar-refractivity contribution in [3.05, 3.63) is 0 Å². The SMILES string of the molecule is COCCN(CC(=O)O)C(=O)C1CCCO1. The van der Waals surface area contributed by atoms with Gasteiger partial charge in [-0.25, -0.2) is 0 Å². The van der Waals surface area contributed by atoms with Crippen LogP contribution in [-0.2, 0) is 19.1 Å². The quantitative estimate of drug-likeness (QED) is 0.680. The second-order valence-electron chi connectivity index (χ2n) is 3.65. The second-order valence-corrected chi connectivity index (χ2v) is 3.65. The standard InChI is InChI=1S/C10H17NO5/c1-15-6-4-11(7-9(12)13)10(14)8-3-2-5-16-8/h8H,2-7H2,1H3,(H,12,13). The third kappa shape index (κ3) is 3.79. The lowest BCUT2D eigenvalue weighted by molar-refractivity contribution is -0.149. The Morgan fingerprint density at radius 2 is 2.31 bits per heavy atom. The van der Waals surface area contributed by atoms with Gasteiger partial charge in [0.2, 0.25) is 0 Å². The number of rotatable bonds is 6. The number of nitrogens with zero attached hydrogens (tertiary/aromatic N) is 1. The molecule has 0 aromatic heterocycles. The van der Waals surface area contributed by atoms with Crippen molar-refractivity contribution in [1.29, 1.82) is 0 Å². The number of carbonyl (C=O) groups excluding carboxylic acids is 1. The zero-order chi connectivity index (χ0) is 12.0. The summed E-state index contributed by atoms with van der Waals surface area (Å²) in [6.45, 7) is 0.872. The average molecular weight is 231 g/mol. The van der Waals surface area contributed by atoms with Crippen LogP contribution in [0.25, 0.3) is 0 Å². The van der Waals surface area contributed by atoms with Crippen LogP contribution in [0.15, 0.2) is 0 Å². The molecule has 1 fully saturated rings. The number of ether oxygens (including phenoxy) is 2. The van der Waals surface area contributed by atoms with Crippen LogP contribution in [0.4, 0.5) is 0 Å². The van der Waals surface area contributed by atoms with Crippen molar-refractivity contribution < 1.29 is 24.2 Å². The van der Waals surface area contributed by atoms with Crippen molar-refractivity contribution in [1.82, 2.24) is 4.90 Å². The summed E-state index contributed by atoms with van der Waals surface area (Å²) in [5.41, 5.74) is 0. The fraction of sp³-hybridized carbons (Fsp3) is 0.800. The Morgan fingerprint density at radius 1 is 1.56 bits per heavy atom. The molecule has 1 atom stereocenters. The largest absolute Gasteiger partial charge is 0.480 e. The summed E-state index contributed by atoms with van der Waals surface area (Å²) in [5, 5.41) is 8.70. The Labute approximate surface area is 94.1 Å². The Hall–Kier alpha value is -1.14. The number of aliphatic carboxylic acids is 1. The summed E-state index contributed by atoms with van der Waals surface area (Å²) < 4.78 is 10.1. The summed E-state index contributed by atoms with van der Waals surface area (Å²) >= 11 is 0. The number of methoxy groups -OCH3 is 1. The van der Waals surface area contributed by atoms with Gasteiger partial charge in [-0.15, -0.1) is 0 Å². The Balaban J connectivity index is 2.51. The normalized spacial score (nSPS) is 19.7. The lowest BCUT2D eigenvalue weighted by Gasteiger charge is -2.23. The number of hydrogen-bond donors (Lipinski definition) is 1. The van der Waals surface area contributed by atoms with Crippen LogP contribution < -0.4 is 0 Å².